The molecule has 4 nitrogen and oxygen atoms in total. The fourth-order valence-electron chi connectivity index (χ4n) is 0.408. The average molecular weight is 281 g/mol. The Balaban J connectivity index is 4.55. The molecule has 0 spiro atoms. The van der Waals surface area contributed by atoms with Crippen LogP contribution in [0.15, 0.2) is 23.2 Å². The van der Waals surface area contributed by atoms with E-state index in [1.165, 1.54) is 0 Å². The maximum absolute atomic E-state index is 11.0. The van der Waals surface area contributed by atoms with Crippen molar-refractivity contribution in [1.29, 1.82) is 5.41 Å². The zero-order valence-electron chi connectivity index (χ0n) is 6.85. The number of hydroxylamine groups is 2. The van der Waals surface area contributed by atoms with Gasteiger partial charge in [-0.25, -0.2) is 0 Å². The summed E-state index contributed by atoms with van der Waals surface area (Å²) in [5.41, 5.74) is 5.21. The van der Waals surface area contributed by atoms with Gasteiger partial charge in [0.2, 0.25) is 0 Å². The van der Waals surface area contributed by atoms with Gasteiger partial charge < -0.3 is 0 Å². The molecule has 0 saturated carbocycles. The molecule has 0 aliphatic carbocycles. The number of hydrogen-bond donors (Lipinski definition) is 2. The molecular weight excluding hydrogens is 271 g/mol. The van der Waals surface area contributed by atoms with Gasteiger partial charge >= 0.3 is 81.9 Å². The first-order chi connectivity index (χ1) is 5.76. The van der Waals surface area contributed by atoms with Gasteiger partial charge in [-0.1, -0.05) is 0 Å². The Bertz CT molecular complexity index is 240. The third-order valence-electron chi connectivity index (χ3n) is 0.863. The van der Waals surface area contributed by atoms with Crippen molar-refractivity contribution in [3.63, 3.8) is 0 Å². The van der Waals surface area contributed by atoms with Gasteiger partial charge in [-0.15, -0.1) is 0 Å². The van der Waals surface area contributed by atoms with Gasteiger partial charge in [-0.3, -0.25) is 0 Å². The molecule has 0 fully saturated rings. The average Bonchev–Trinajstić information content (AvgIpc) is 2.06. The van der Waals surface area contributed by atoms with Gasteiger partial charge in [-0.2, -0.15) is 0 Å². The molecule has 5 heteroatoms. The molecule has 0 aromatic carbocycles. The van der Waals surface area contributed by atoms with Crippen molar-refractivity contribution in [2.75, 3.05) is 4.93 Å². The van der Waals surface area contributed by atoms with E-state index in [9.17, 15) is 5.21 Å². The van der Waals surface area contributed by atoms with Crippen LogP contribution < -0.4 is 26.8 Å². The fraction of sp³-hybridized carbons (Fsp3) is 0.286. The number of halogens is 1. The molecule has 1 atom stereocenters. The van der Waals surface area contributed by atoms with Crippen molar-refractivity contribution >= 4 is 6.21 Å². The Morgan fingerprint density at radius 1 is 1.75 bits per heavy atom. The molecule has 0 amide bonds. The van der Waals surface area contributed by atoms with E-state index < -0.39 is 26.8 Å². The molecular formula is C7H10IN2O2-. The van der Waals surface area contributed by atoms with Gasteiger partial charge in [0, 0.05) is 0 Å². The summed E-state index contributed by atoms with van der Waals surface area (Å²) in [6, 6.07) is 0. The Morgan fingerprint density at radius 3 is 2.83 bits per heavy atom. The third kappa shape index (κ3) is 4.46. The van der Waals surface area contributed by atoms with E-state index in [2.05, 4.69) is 11.5 Å². The van der Waals surface area contributed by atoms with E-state index in [0.717, 1.165) is 6.21 Å². The van der Waals surface area contributed by atoms with Crippen LogP contribution in [0.2, 0.25) is 0 Å². The Morgan fingerprint density at radius 2 is 2.42 bits per heavy atom. The molecule has 0 aromatic rings. The fourth-order valence-corrected chi connectivity index (χ4v) is 1.04. The summed E-state index contributed by atoms with van der Waals surface area (Å²) >= 11 is -0.540. The topological polar surface area (TPSA) is 60.6 Å². The zero-order chi connectivity index (χ0) is 9.40. The van der Waals surface area contributed by atoms with Crippen LogP contribution in [0.4, 0.5) is 0 Å². The second-order valence-corrected chi connectivity index (χ2v) is 2.96. The number of alkyl halides is 1. The molecule has 0 bridgehead atoms. The van der Waals surface area contributed by atoms with E-state index in [1.54, 1.807) is 13.0 Å². The number of allylic oxidation sites excluding steroid dienone is 2. The van der Waals surface area contributed by atoms with Gasteiger partial charge in [0.05, 0.1) is 0 Å². The van der Waals surface area contributed by atoms with Gasteiger partial charge in [0.15, 0.2) is 0 Å². The summed E-state index contributed by atoms with van der Waals surface area (Å²) in [5.74, 6) is 0. The van der Waals surface area contributed by atoms with Crippen LogP contribution in [0, 0.1) is 10.6 Å². The number of hydrogen-bond acceptors (Lipinski definition) is 3. The predicted molar refractivity (Wildman–Crippen MR) is 40.9 cm³/mol. The van der Waals surface area contributed by atoms with E-state index in [4.69, 9.17) is 8.58 Å². The standard InChI is InChI=1S/C7H10IN2O2/c1-3-4-5-7(6-9)10(11)12-8-2/h3,6,9-10H,1-2H3/q-1. The maximum atomic E-state index is 11.0. The molecule has 68 valence electrons. The quantitative estimate of drug-likeness (QED) is 0.187. The summed E-state index contributed by atoms with van der Waals surface area (Å²) in [4.78, 5) is 1.82. The molecule has 1 unspecified atom stereocenters. The molecule has 0 aliphatic rings. The van der Waals surface area contributed by atoms with Crippen LogP contribution in [-0.2, 0) is 3.17 Å². The van der Waals surface area contributed by atoms with E-state index in [0.29, 0.717) is 0 Å². The monoisotopic (exact) mass is 281 g/mol. The van der Waals surface area contributed by atoms with Crippen molar-refractivity contribution < 1.29 is 30.0 Å². The van der Waals surface area contributed by atoms with Crippen molar-refractivity contribution in [2.24, 2.45) is 0 Å². The number of quaternary nitrogens is 1. The summed E-state index contributed by atoms with van der Waals surface area (Å²) < 4.78 is 4.76. The molecule has 0 radical (unpaired) electrons. The van der Waals surface area contributed by atoms with Crippen LogP contribution in [0.3, 0.4) is 0 Å². The Labute approximate surface area is 82.1 Å². The predicted octanol–water partition coefficient (Wildman–Crippen LogP) is -3.20. The first-order valence-electron chi connectivity index (χ1n) is 3.13. The van der Waals surface area contributed by atoms with Crippen molar-refractivity contribution in [3.05, 3.63) is 28.4 Å². The number of nitrogens with one attached hydrogen (secondary N) is 2. The summed E-state index contributed by atoms with van der Waals surface area (Å²) in [6.45, 7) is 1.76. The van der Waals surface area contributed by atoms with E-state index >= 15 is 0 Å². The minimum atomic E-state index is -0.540. The van der Waals surface area contributed by atoms with Gasteiger partial charge in [0.1, 0.15) is 0 Å². The van der Waals surface area contributed by atoms with Crippen molar-refractivity contribution in [1.82, 2.24) is 0 Å². The Hall–Kier alpha value is -0.420. The molecule has 0 saturated heterocycles. The van der Waals surface area contributed by atoms with E-state index in [1.807, 2.05) is 4.93 Å². The second kappa shape index (κ2) is 7.24. The van der Waals surface area contributed by atoms with Crippen LogP contribution in [0.5, 0.6) is 0 Å². The SMILES string of the molecule is CC=C=C=C(C=N)[NH+]([O-])O[I-]C. The first kappa shape index (κ1) is 11.6. The summed E-state index contributed by atoms with van der Waals surface area (Å²) in [7, 11) is 0. The molecule has 0 aromatic heterocycles. The second-order valence-electron chi connectivity index (χ2n) is 1.63. The Kier molecular flexibility index (Phi) is 6.99. The van der Waals surface area contributed by atoms with Gasteiger partial charge in [-0.05, 0) is 0 Å². The molecule has 0 heterocycles. The van der Waals surface area contributed by atoms with E-state index in [-0.39, 0.29) is 5.70 Å². The summed E-state index contributed by atoms with van der Waals surface area (Å²) in [5, 5.41) is 17.4. The normalized spacial score (nSPS) is 11.2. The van der Waals surface area contributed by atoms with Crippen molar-refractivity contribution in [3.8, 4) is 0 Å². The third-order valence-corrected chi connectivity index (χ3v) is 1.70. The van der Waals surface area contributed by atoms with Crippen molar-refractivity contribution in [2.45, 2.75) is 6.92 Å². The van der Waals surface area contributed by atoms with Crippen LogP contribution in [-0.4, -0.2) is 11.1 Å². The van der Waals surface area contributed by atoms with Crippen LogP contribution in [0.1, 0.15) is 6.92 Å². The summed E-state index contributed by atoms with van der Waals surface area (Å²) in [6.07, 6.45) is 2.52. The molecule has 0 aliphatic heterocycles. The molecule has 2 N–H and O–H groups in total. The first-order valence-corrected chi connectivity index (χ1v) is 6.17. The van der Waals surface area contributed by atoms with Gasteiger partial charge in [0.25, 0.3) is 0 Å². The molecule has 12 heavy (non-hydrogen) atoms. The zero-order valence-corrected chi connectivity index (χ0v) is 9.01. The minimum absolute atomic E-state index is 0.106. The molecule has 0 rings (SSSR count). The van der Waals surface area contributed by atoms with Crippen LogP contribution in [0.25, 0.3) is 0 Å². The number of rotatable bonds is 4. The van der Waals surface area contributed by atoms with Crippen LogP contribution >= 0.6 is 0 Å².